The molecule has 0 aromatic rings. The topological polar surface area (TPSA) is 228 Å². The summed E-state index contributed by atoms with van der Waals surface area (Å²) in [6, 6.07) is -0.905. The highest BCUT2D eigenvalue weighted by atomic mass is 16.7. The van der Waals surface area contributed by atoms with Crippen molar-refractivity contribution in [2.75, 3.05) is 19.8 Å². The number of unbranched alkanes of at least 4 members (excludes halogenated alkanes) is 22. The monoisotopic (exact) mass is 848 g/mol. The van der Waals surface area contributed by atoms with Gasteiger partial charge in [-0.05, 0) is 19.3 Å². The van der Waals surface area contributed by atoms with E-state index in [1.807, 2.05) is 6.08 Å². The van der Waals surface area contributed by atoms with Gasteiger partial charge in [-0.25, -0.2) is 0 Å². The molecular formula is C45H85NO13. The lowest BCUT2D eigenvalue weighted by Gasteiger charge is -2.46. The molecule has 2 saturated heterocycles. The fourth-order valence-electron chi connectivity index (χ4n) is 7.82. The Morgan fingerprint density at radius 3 is 1.56 bits per heavy atom. The molecule has 14 nitrogen and oxygen atoms in total. The number of hydrogen-bond donors (Lipinski definition) is 9. The first-order chi connectivity index (χ1) is 28.6. The molecule has 1 amide bonds. The van der Waals surface area contributed by atoms with Crippen LogP contribution in [0.3, 0.4) is 0 Å². The molecule has 0 aliphatic carbocycles. The highest BCUT2D eigenvalue weighted by Gasteiger charge is 2.50. The zero-order valence-electron chi connectivity index (χ0n) is 36.5. The number of amides is 1. The van der Waals surface area contributed by atoms with Crippen LogP contribution in [-0.2, 0) is 23.7 Å². The molecule has 12 atom stereocenters. The van der Waals surface area contributed by atoms with Gasteiger partial charge in [0.1, 0.15) is 48.8 Å². The van der Waals surface area contributed by atoms with E-state index in [-0.39, 0.29) is 18.9 Å². The number of nitrogens with one attached hydrogen (secondary N) is 1. The van der Waals surface area contributed by atoms with Crippen molar-refractivity contribution in [2.45, 2.75) is 248 Å². The van der Waals surface area contributed by atoms with E-state index in [1.54, 1.807) is 6.08 Å². The van der Waals surface area contributed by atoms with Gasteiger partial charge in [0.25, 0.3) is 0 Å². The van der Waals surface area contributed by atoms with Crippen LogP contribution in [0, 0.1) is 0 Å². The van der Waals surface area contributed by atoms with Crippen LogP contribution in [0.5, 0.6) is 0 Å². The smallest absolute Gasteiger partial charge is 0.220 e. The predicted molar refractivity (Wildman–Crippen MR) is 226 cm³/mol. The average Bonchev–Trinajstić information content (AvgIpc) is 3.23. The Morgan fingerprint density at radius 2 is 1.05 bits per heavy atom. The molecule has 2 fully saturated rings. The zero-order chi connectivity index (χ0) is 43.3. The van der Waals surface area contributed by atoms with Gasteiger partial charge in [0.15, 0.2) is 12.6 Å². The largest absolute Gasteiger partial charge is 0.394 e. The summed E-state index contributed by atoms with van der Waals surface area (Å²) in [5.74, 6) is -0.240. The molecule has 0 aromatic heterocycles. The Morgan fingerprint density at radius 1 is 0.593 bits per heavy atom. The molecule has 2 heterocycles. The molecule has 59 heavy (non-hydrogen) atoms. The lowest BCUT2D eigenvalue weighted by molar-refractivity contribution is -0.359. The second kappa shape index (κ2) is 33.3. The maximum Gasteiger partial charge on any atom is 0.220 e. The van der Waals surface area contributed by atoms with Crippen molar-refractivity contribution in [3.05, 3.63) is 12.2 Å². The maximum absolute atomic E-state index is 13.1. The van der Waals surface area contributed by atoms with E-state index >= 15 is 0 Å². The number of ether oxygens (including phenoxy) is 4. The van der Waals surface area contributed by atoms with Gasteiger partial charge in [-0.1, -0.05) is 161 Å². The Balaban J connectivity index is 1.89. The van der Waals surface area contributed by atoms with E-state index in [0.717, 1.165) is 38.5 Å². The maximum atomic E-state index is 13.1. The summed E-state index contributed by atoms with van der Waals surface area (Å²) in [6.07, 6.45) is 15.4. The third-order valence-electron chi connectivity index (χ3n) is 11.7. The van der Waals surface area contributed by atoms with Gasteiger partial charge in [0, 0.05) is 6.42 Å². The molecule has 0 aromatic carbocycles. The molecule has 0 saturated carbocycles. The highest BCUT2D eigenvalue weighted by Crippen LogP contribution is 2.30. The molecule has 348 valence electrons. The minimum absolute atomic E-state index is 0.240. The fraction of sp³-hybridized carbons (Fsp3) is 0.933. The summed E-state index contributed by atoms with van der Waals surface area (Å²) < 4.78 is 22.6. The Kier molecular flexibility index (Phi) is 30.4. The highest BCUT2D eigenvalue weighted by molar-refractivity contribution is 5.76. The number of aliphatic hydroxyl groups is 8. The Hall–Kier alpha value is -1.27. The third-order valence-corrected chi connectivity index (χ3v) is 11.7. The number of carbonyl (C=O) groups is 1. The van der Waals surface area contributed by atoms with Crippen LogP contribution < -0.4 is 5.32 Å². The van der Waals surface area contributed by atoms with Gasteiger partial charge >= 0.3 is 0 Å². The number of hydrogen-bond acceptors (Lipinski definition) is 13. The van der Waals surface area contributed by atoms with E-state index in [1.165, 1.54) is 109 Å². The first kappa shape index (κ1) is 53.9. The summed E-state index contributed by atoms with van der Waals surface area (Å²) in [4.78, 5) is 13.1. The van der Waals surface area contributed by atoms with E-state index < -0.39 is 86.8 Å². The molecule has 0 spiro atoms. The summed E-state index contributed by atoms with van der Waals surface area (Å²) >= 11 is 0. The van der Waals surface area contributed by atoms with Crippen LogP contribution in [0.25, 0.3) is 0 Å². The standard InChI is InChI=1S/C45H85NO13/c1-3-5-7-9-11-13-15-16-17-19-21-23-25-27-29-37(50)46-33(34(49)28-26-24-22-20-18-14-12-10-8-6-4-2)32-56-44-42(55)40(53)43(36(31-48)58-44)59-45-41(54)39(52)38(51)35(30-47)57-45/h26,28,33-36,38-45,47-49,51-55H,3-25,27,29-32H2,1-2H3,(H,46,50)/b28-26+/t33-,34+,35+,36+,38-,39?,40?,41?,42?,43+,44+,45-/m0/s1. The van der Waals surface area contributed by atoms with E-state index in [0.29, 0.717) is 6.42 Å². The molecule has 9 N–H and O–H groups in total. The van der Waals surface area contributed by atoms with Gasteiger partial charge in [0.05, 0.1) is 32.0 Å². The first-order valence-corrected chi connectivity index (χ1v) is 23.4. The third kappa shape index (κ3) is 21.6. The van der Waals surface area contributed by atoms with Crippen LogP contribution in [0.15, 0.2) is 12.2 Å². The Bertz CT molecular complexity index is 1050. The fourth-order valence-corrected chi connectivity index (χ4v) is 7.82. The van der Waals surface area contributed by atoms with Gasteiger partial charge in [-0.15, -0.1) is 0 Å². The SMILES string of the molecule is CCCCCCCCCCC/C=C/[C@@H](O)[C@H](CO[C@@H]1O[C@H](CO)[C@@H](O[C@@H]2O[C@H](CO)[C@H](O)C(O)C2O)C(O)C1O)NC(=O)CCCCCCCCCCCCCCCC. The predicted octanol–water partition coefficient (Wildman–Crippen LogP) is 4.82. The van der Waals surface area contributed by atoms with E-state index in [4.69, 9.17) is 18.9 Å². The first-order valence-electron chi connectivity index (χ1n) is 23.4. The van der Waals surface area contributed by atoms with E-state index in [9.17, 15) is 45.6 Å². The summed E-state index contributed by atoms with van der Waals surface area (Å²) in [6.45, 7) is 2.75. The van der Waals surface area contributed by atoms with Crippen LogP contribution in [0.4, 0.5) is 0 Å². The minimum atomic E-state index is -1.78. The van der Waals surface area contributed by atoms with Gasteiger partial charge in [-0.3, -0.25) is 4.79 Å². The van der Waals surface area contributed by atoms with Crippen molar-refractivity contribution >= 4 is 5.91 Å². The molecule has 2 rings (SSSR count). The van der Waals surface area contributed by atoms with Crippen molar-refractivity contribution in [2.24, 2.45) is 0 Å². The van der Waals surface area contributed by atoms with Crippen molar-refractivity contribution in [1.29, 1.82) is 0 Å². The Labute approximate surface area is 355 Å². The summed E-state index contributed by atoms with van der Waals surface area (Å²) in [5, 5.41) is 86.4. The number of carbonyl (C=O) groups excluding carboxylic acids is 1. The van der Waals surface area contributed by atoms with Crippen LogP contribution in [0.1, 0.15) is 174 Å². The number of aliphatic hydroxyl groups excluding tert-OH is 8. The zero-order valence-corrected chi connectivity index (χ0v) is 36.5. The normalized spacial score (nSPS) is 28.6. The van der Waals surface area contributed by atoms with Crippen molar-refractivity contribution in [3.63, 3.8) is 0 Å². The molecule has 4 unspecified atom stereocenters. The second-order valence-electron chi connectivity index (χ2n) is 16.9. The molecule has 14 heteroatoms. The van der Waals surface area contributed by atoms with E-state index in [2.05, 4.69) is 19.2 Å². The second-order valence-corrected chi connectivity index (χ2v) is 16.9. The quantitative estimate of drug-likeness (QED) is 0.0308. The van der Waals surface area contributed by atoms with Gasteiger partial charge in [0.2, 0.25) is 5.91 Å². The molecule has 0 bridgehead atoms. The van der Waals surface area contributed by atoms with Crippen LogP contribution >= 0.6 is 0 Å². The molecule has 2 aliphatic rings. The van der Waals surface area contributed by atoms with Crippen LogP contribution in [0.2, 0.25) is 0 Å². The molecule has 2 aliphatic heterocycles. The number of rotatable bonds is 35. The molecular weight excluding hydrogens is 762 g/mol. The van der Waals surface area contributed by atoms with Crippen molar-refractivity contribution in [3.8, 4) is 0 Å². The van der Waals surface area contributed by atoms with Crippen LogP contribution in [-0.4, -0.2) is 140 Å². The average molecular weight is 848 g/mol. The minimum Gasteiger partial charge on any atom is -0.394 e. The number of allylic oxidation sites excluding steroid dienone is 1. The van der Waals surface area contributed by atoms with Gasteiger partial charge < -0.3 is 65.1 Å². The summed E-state index contributed by atoms with van der Waals surface area (Å²) in [5.41, 5.74) is 0. The summed E-state index contributed by atoms with van der Waals surface area (Å²) in [7, 11) is 0. The van der Waals surface area contributed by atoms with Crippen molar-refractivity contribution in [1.82, 2.24) is 5.32 Å². The lowest BCUT2D eigenvalue weighted by atomic mass is 9.97. The lowest BCUT2D eigenvalue weighted by Crippen LogP contribution is -2.65. The van der Waals surface area contributed by atoms with Crippen molar-refractivity contribution < 1.29 is 64.6 Å². The molecule has 0 radical (unpaired) electrons. The van der Waals surface area contributed by atoms with Gasteiger partial charge in [-0.2, -0.15) is 0 Å².